The van der Waals surface area contributed by atoms with Crippen molar-refractivity contribution in [3.63, 3.8) is 0 Å². The lowest BCUT2D eigenvalue weighted by Gasteiger charge is -2.25. The zero-order valence-corrected chi connectivity index (χ0v) is 13.4. The molecule has 1 fully saturated rings. The van der Waals surface area contributed by atoms with E-state index in [1.54, 1.807) is 12.1 Å². The molecule has 0 radical (unpaired) electrons. The van der Waals surface area contributed by atoms with Gasteiger partial charge in [0.2, 0.25) is 0 Å². The molecule has 2 atom stereocenters. The van der Waals surface area contributed by atoms with E-state index < -0.39 is 11.9 Å². The Balaban J connectivity index is 1.66. The summed E-state index contributed by atoms with van der Waals surface area (Å²) in [6.45, 7) is 2.14. The Morgan fingerprint density at radius 3 is 2.50 bits per heavy atom. The average molecular weight is 318 g/mol. The van der Waals surface area contributed by atoms with Crippen LogP contribution in [-0.2, 0) is 15.3 Å². The molecule has 3 nitrogen and oxygen atoms in total. The van der Waals surface area contributed by atoms with Gasteiger partial charge in [0.25, 0.3) is 0 Å². The minimum absolute atomic E-state index is 0.0421. The van der Waals surface area contributed by atoms with E-state index in [4.69, 9.17) is 9.47 Å². The molecular formula is C21H18O3. The maximum absolute atomic E-state index is 12.6. The third-order valence-corrected chi connectivity index (χ3v) is 4.51. The fraction of sp³-hybridized carbons (Fsp3) is 0.190. The van der Waals surface area contributed by atoms with Crippen LogP contribution in [0.5, 0.6) is 0 Å². The molecule has 0 spiro atoms. The monoisotopic (exact) mass is 318 g/mol. The molecule has 1 aliphatic rings. The third kappa shape index (κ3) is 2.52. The first-order chi connectivity index (χ1) is 11.7. The number of carbonyl (C=O) groups is 1. The van der Waals surface area contributed by atoms with Crippen molar-refractivity contribution in [3.8, 4) is 0 Å². The maximum Gasteiger partial charge on any atom is 0.194 e. The number of ether oxygens (including phenoxy) is 2. The lowest BCUT2D eigenvalue weighted by molar-refractivity contribution is -0.156. The Kier molecular flexibility index (Phi) is 3.68. The van der Waals surface area contributed by atoms with Gasteiger partial charge in [-0.2, -0.15) is 0 Å². The van der Waals surface area contributed by atoms with Crippen molar-refractivity contribution in [3.05, 3.63) is 83.9 Å². The van der Waals surface area contributed by atoms with Crippen LogP contribution in [0.25, 0.3) is 10.8 Å². The van der Waals surface area contributed by atoms with Crippen LogP contribution in [0.15, 0.2) is 72.8 Å². The number of Topliss-reactive ketones (excluding diaryl/α,β-unsaturated/α-hetero) is 1. The number of carbonyl (C=O) groups excluding carboxylic acids is 1. The molecule has 1 aliphatic heterocycles. The van der Waals surface area contributed by atoms with Gasteiger partial charge in [0.1, 0.15) is 6.10 Å². The molecule has 120 valence electrons. The van der Waals surface area contributed by atoms with E-state index in [0.717, 1.165) is 16.3 Å². The van der Waals surface area contributed by atoms with E-state index in [2.05, 4.69) is 18.2 Å². The zero-order valence-electron chi connectivity index (χ0n) is 13.4. The van der Waals surface area contributed by atoms with Crippen molar-refractivity contribution < 1.29 is 14.3 Å². The van der Waals surface area contributed by atoms with Crippen LogP contribution in [0.4, 0.5) is 0 Å². The summed E-state index contributed by atoms with van der Waals surface area (Å²) < 4.78 is 12.0. The van der Waals surface area contributed by atoms with Crippen LogP contribution in [0.3, 0.4) is 0 Å². The van der Waals surface area contributed by atoms with E-state index in [0.29, 0.717) is 5.56 Å². The van der Waals surface area contributed by atoms with Gasteiger partial charge in [0, 0.05) is 11.1 Å². The number of rotatable bonds is 3. The lowest BCUT2D eigenvalue weighted by atomic mass is 9.99. The van der Waals surface area contributed by atoms with Crippen LogP contribution in [0.2, 0.25) is 0 Å². The highest BCUT2D eigenvalue weighted by molar-refractivity contribution is 5.99. The van der Waals surface area contributed by atoms with Crippen LogP contribution >= 0.6 is 0 Å². The molecule has 1 saturated heterocycles. The standard InChI is InChI=1S/C21H18O3/c1-21(18-13-7-11-15-8-5-6-12-17(15)18)23-14-19(24-21)20(22)16-9-3-2-4-10-16/h2-13,19H,14H2,1H3. The summed E-state index contributed by atoms with van der Waals surface area (Å²) in [5.41, 5.74) is 1.59. The first-order valence-electron chi connectivity index (χ1n) is 8.07. The number of hydrogen-bond donors (Lipinski definition) is 0. The summed E-state index contributed by atoms with van der Waals surface area (Å²) in [6.07, 6.45) is -0.587. The van der Waals surface area contributed by atoms with Crippen molar-refractivity contribution in [2.75, 3.05) is 6.61 Å². The third-order valence-electron chi connectivity index (χ3n) is 4.51. The molecule has 3 aromatic carbocycles. The van der Waals surface area contributed by atoms with Gasteiger partial charge in [-0.3, -0.25) is 4.79 Å². The van der Waals surface area contributed by atoms with Gasteiger partial charge < -0.3 is 9.47 Å². The van der Waals surface area contributed by atoms with E-state index in [9.17, 15) is 4.79 Å². The molecule has 0 N–H and O–H groups in total. The lowest BCUT2D eigenvalue weighted by Crippen LogP contribution is -2.28. The Bertz CT molecular complexity index is 882. The van der Waals surface area contributed by atoms with E-state index in [1.807, 2.05) is 49.4 Å². The predicted molar refractivity (Wildman–Crippen MR) is 92.9 cm³/mol. The van der Waals surface area contributed by atoms with Crippen LogP contribution in [0, 0.1) is 0 Å². The first-order valence-corrected chi connectivity index (χ1v) is 8.07. The largest absolute Gasteiger partial charge is 0.343 e. The summed E-state index contributed by atoms with van der Waals surface area (Å²) in [4.78, 5) is 12.6. The normalized spacial score (nSPS) is 23.5. The van der Waals surface area contributed by atoms with Crippen molar-refractivity contribution in [1.29, 1.82) is 0 Å². The SMILES string of the molecule is CC1(c2cccc3ccccc23)OCC(C(=O)c2ccccc2)O1. The molecule has 0 aliphatic carbocycles. The second kappa shape index (κ2) is 5.86. The molecule has 0 saturated carbocycles. The molecule has 24 heavy (non-hydrogen) atoms. The highest BCUT2D eigenvalue weighted by Crippen LogP contribution is 2.38. The summed E-state index contributed by atoms with van der Waals surface area (Å²) >= 11 is 0. The van der Waals surface area contributed by atoms with E-state index >= 15 is 0 Å². The molecule has 0 aromatic heterocycles. The summed E-state index contributed by atoms with van der Waals surface area (Å²) in [5, 5.41) is 2.21. The Labute approximate surface area is 140 Å². The predicted octanol–water partition coefficient (Wildman–Crippen LogP) is 4.31. The second-order valence-electron chi connectivity index (χ2n) is 6.12. The molecule has 1 heterocycles. The molecule has 2 unspecified atom stereocenters. The molecular weight excluding hydrogens is 300 g/mol. The van der Waals surface area contributed by atoms with Gasteiger partial charge in [-0.1, -0.05) is 72.8 Å². The molecule has 3 heteroatoms. The summed E-state index contributed by atoms with van der Waals surface area (Å²) in [6, 6.07) is 23.4. The molecule has 4 rings (SSSR count). The summed E-state index contributed by atoms with van der Waals surface area (Å²) in [7, 11) is 0. The van der Waals surface area contributed by atoms with E-state index in [1.165, 1.54) is 0 Å². The van der Waals surface area contributed by atoms with Gasteiger partial charge in [0.05, 0.1) is 6.61 Å². The highest BCUT2D eigenvalue weighted by atomic mass is 16.7. The fourth-order valence-corrected chi connectivity index (χ4v) is 3.25. The van der Waals surface area contributed by atoms with Crippen molar-refractivity contribution >= 4 is 16.6 Å². The summed E-state index contributed by atoms with van der Waals surface area (Å²) in [5.74, 6) is -0.963. The molecule has 0 amide bonds. The van der Waals surface area contributed by atoms with Gasteiger partial charge in [0.15, 0.2) is 11.6 Å². The zero-order chi connectivity index (χ0) is 16.6. The minimum atomic E-state index is -0.921. The maximum atomic E-state index is 12.6. The Morgan fingerprint density at radius 1 is 0.958 bits per heavy atom. The fourth-order valence-electron chi connectivity index (χ4n) is 3.25. The highest BCUT2D eigenvalue weighted by Gasteiger charge is 2.42. The van der Waals surface area contributed by atoms with Crippen LogP contribution < -0.4 is 0 Å². The quantitative estimate of drug-likeness (QED) is 0.675. The van der Waals surface area contributed by atoms with Crippen LogP contribution in [0.1, 0.15) is 22.8 Å². The van der Waals surface area contributed by atoms with Crippen molar-refractivity contribution in [2.45, 2.75) is 18.8 Å². The number of fused-ring (bicyclic) bond motifs is 1. The Hall–Kier alpha value is -2.49. The Morgan fingerprint density at radius 2 is 1.67 bits per heavy atom. The molecule has 0 bridgehead atoms. The first kappa shape index (κ1) is 15.1. The number of benzene rings is 3. The molecule has 3 aromatic rings. The van der Waals surface area contributed by atoms with Gasteiger partial charge in [-0.05, 0) is 17.7 Å². The smallest absolute Gasteiger partial charge is 0.194 e. The number of hydrogen-bond acceptors (Lipinski definition) is 3. The second-order valence-corrected chi connectivity index (χ2v) is 6.12. The minimum Gasteiger partial charge on any atom is -0.343 e. The number of ketones is 1. The van der Waals surface area contributed by atoms with Gasteiger partial charge in [-0.15, -0.1) is 0 Å². The van der Waals surface area contributed by atoms with Crippen molar-refractivity contribution in [1.82, 2.24) is 0 Å². The van der Waals surface area contributed by atoms with Gasteiger partial charge in [-0.25, -0.2) is 0 Å². The van der Waals surface area contributed by atoms with Gasteiger partial charge >= 0.3 is 0 Å². The topological polar surface area (TPSA) is 35.5 Å². The van der Waals surface area contributed by atoms with E-state index in [-0.39, 0.29) is 12.4 Å². The van der Waals surface area contributed by atoms with Crippen LogP contribution in [-0.4, -0.2) is 18.5 Å². The average Bonchev–Trinajstić information content (AvgIpc) is 3.04. The van der Waals surface area contributed by atoms with Crippen molar-refractivity contribution in [2.24, 2.45) is 0 Å².